The van der Waals surface area contributed by atoms with Gasteiger partial charge in [-0.2, -0.15) is 0 Å². The van der Waals surface area contributed by atoms with Crippen molar-refractivity contribution < 1.29 is 14.7 Å². The Bertz CT molecular complexity index is 440. The Morgan fingerprint density at radius 3 is 2.22 bits per heavy atom. The Hall–Kier alpha value is -1.84. The molecule has 1 aromatic carbocycles. The van der Waals surface area contributed by atoms with Crippen LogP contribution < -0.4 is 5.32 Å². The molecule has 0 saturated carbocycles. The van der Waals surface area contributed by atoms with E-state index in [9.17, 15) is 9.59 Å². The van der Waals surface area contributed by atoms with Crippen molar-refractivity contribution in [1.82, 2.24) is 5.32 Å². The van der Waals surface area contributed by atoms with Crippen LogP contribution in [0.3, 0.4) is 0 Å². The number of nitrogens with one attached hydrogen (secondary N) is 1. The molecule has 0 radical (unpaired) electrons. The number of hydrogen-bond donors (Lipinski definition) is 2. The first kappa shape index (κ1) is 14.2. The highest BCUT2D eigenvalue weighted by molar-refractivity contribution is 6.04. The Labute approximate surface area is 107 Å². The predicted octanol–water partition coefficient (Wildman–Crippen LogP) is 2.55. The fourth-order valence-electron chi connectivity index (χ4n) is 1.94. The maximum Gasteiger partial charge on any atom is 0.336 e. The number of amides is 1. The lowest BCUT2D eigenvalue weighted by atomic mass is 10.0. The largest absolute Gasteiger partial charge is 0.478 e. The standard InChI is InChI=1S/C14H19NO3/c1-9(2)8-10(3)15-13(16)11-6-4-5-7-12(11)14(17)18/h4-7,9-10H,8H2,1-3H3,(H,15,16)(H,17,18). The van der Waals surface area contributed by atoms with Crippen LogP contribution in [0.15, 0.2) is 24.3 Å². The van der Waals surface area contributed by atoms with Gasteiger partial charge in [-0.3, -0.25) is 4.79 Å². The number of carbonyl (C=O) groups is 2. The van der Waals surface area contributed by atoms with Crippen molar-refractivity contribution in [2.24, 2.45) is 5.92 Å². The molecule has 1 amide bonds. The van der Waals surface area contributed by atoms with Gasteiger partial charge in [-0.05, 0) is 31.4 Å². The van der Waals surface area contributed by atoms with E-state index in [2.05, 4.69) is 19.2 Å². The molecule has 1 rings (SSSR count). The molecule has 0 aromatic heterocycles. The topological polar surface area (TPSA) is 66.4 Å². The normalized spacial score (nSPS) is 12.2. The van der Waals surface area contributed by atoms with Gasteiger partial charge in [0.25, 0.3) is 5.91 Å². The minimum Gasteiger partial charge on any atom is -0.478 e. The molecular weight excluding hydrogens is 230 g/mol. The number of carbonyl (C=O) groups excluding carboxylic acids is 1. The first-order valence-electron chi connectivity index (χ1n) is 6.05. The van der Waals surface area contributed by atoms with Crippen molar-refractivity contribution in [3.8, 4) is 0 Å². The van der Waals surface area contributed by atoms with Crippen LogP contribution in [0.4, 0.5) is 0 Å². The number of carboxylic acids is 1. The Morgan fingerprint density at radius 1 is 1.17 bits per heavy atom. The van der Waals surface area contributed by atoms with E-state index in [1.165, 1.54) is 12.1 Å². The average Bonchev–Trinajstić information content (AvgIpc) is 2.27. The van der Waals surface area contributed by atoms with Crippen LogP contribution in [0.25, 0.3) is 0 Å². The van der Waals surface area contributed by atoms with Crippen LogP contribution in [-0.4, -0.2) is 23.0 Å². The third kappa shape index (κ3) is 3.87. The summed E-state index contributed by atoms with van der Waals surface area (Å²) in [5.74, 6) is -0.937. The molecule has 0 saturated heterocycles. The summed E-state index contributed by atoms with van der Waals surface area (Å²) in [6, 6.07) is 6.26. The molecule has 0 spiro atoms. The number of hydrogen-bond acceptors (Lipinski definition) is 2. The summed E-state index contributed by atoms with van der Waals surface area (Å²) >= 11 is 0. The van der Waals surface area contributed by atoms with Gasteiger partial charge in [0.15, 0.2) is 0 Å². The van der Waals surface area contributed by atoms with Gasteiger partial charge in [0.05, 0.1) is 11.1 Å². The molecule has 4 heteroatoms. The molecule has 4 nitrogen and oxygen atoms in total. The number of rotatable bonds is 5. The summed E-state index contributed by atoms with van der Waals surface area (Å²) < 4.78 is 0. The van der Waals surface area contributed by atoms with Gasteiger partial charge in [-0.15, -0.1) is 0 Å². The lowest BCUT2D eigenvalue weighted by Crippen LogP contribution is -2.34. The lowest BCUT2D eigenvalue weighted by molar-refractivity contribution is 0.0690. The highest BCUT2D eigenvalue weighted by atomic mass is 16.4. The number of aromatic carboxylic acids is 1. The van der Waals surface area contributed by atoms with Crippen LogP contribution in [0.1, 0.15) is 47.9 Å². The van der Waals surface area contributed by atoms with Crippen LogP contribution in [0, 0.1) is 5.92 Å². The van der Waals surface area contributed by atoms with Crippen molar-refractivity contribution in [2.75, 3.05) is 0 Å². The zero-order valence-corrected chi connectivity index (χ0v) is 10.9. The van der Waals surface area contributed by atoms with E-state index in [0.717, 1.165) is 6.42 Å². The van der Waals surface area contributed by atoms with Crippen molar-refractivity contribution >= 4 is 11.9 Å². The molecule has 1 aromatic rings. The minimum absolute atomic E-state index is 0.0272. The van der Waals surface area contributed by atoms with Crippen molar-refractivity contribution in [3.63, 3.8) is 0 Å². The van der Waals surface area contributed by atoms with E-state index in [4.69, 9.17) is 5.11 Å². The van der Waals surface area contributed by atoms with Crippen molar-refractivity contribution in [3.05, 3.63) is 35.4 Å². The molecule has 0 heterocycles. The third-order valence-electron chi connectivity index (χ3n) is 2.60. The van der Waals surface area contributed by atoms with E-state index in [-0.39, 0.29) is 23.1 Å². The molecule has 2 N–H and O–H groups in total. The summed E-state index contributed by atoms with van der Waals surface area (Å²) in [5, 5.41) is 11.8. The highest BCUT2D eigenvalue weighted by Crippen LogP contribution is 2.10. The zero-order valence-electron chi connectivity index (χ0n) is 10.9. The van der Waals surface area contributed by atoms with Gasteiger partial charge < -0.3 is 10.4 Å². The molecule has 0 fully saturated rings. The molecule has 18 heavy (non-hydrogen) atoms. The first-order valence-corrected chi connectivity index (χ1v) is 6.05. The predicted molar refractivity (Wildman–Crippen MR) is 69.8 cm³/mol. The van der Waals surface area contributed by atoms with E-state index in [1.54, 1.807) is 12.1 Å². The van der Waals surface area contributed by atoms with E-state index in [1.807, 2.05) is 6.92 Å². The van der Waals surface area contributed by atoms with E-state index < -0.39 is 5.97 Å². The third-order valence-corrected chi connectivity index (χ3v) is 2.60. The Kier molecular flexibility index (Phi) is 4.89. The summed E-state index contributed by atoms with van der Waals surface area (Å²) in [7, 11) is 0. The van der Waals surface area contributed by atoms with Crippen LogP contribution in [-0.2, 0) is 0 Å². The van der Waals surface area contributed by atoms with Crippen LogP contribution in [0.5, 0.6) is 0 Å². The SMILES string of the molecule is CC(C)CC(C)NC(=O)c1ccccc1C(=O)O. The van der Waals surface area contributed by atoms with Gasteiger partial charge in [-0.1, -0.05) is 26.0 Å². The number of carboxylic acid groups (broad SMARTS) is 1. The second-order valence-corrected chi connectivity index (χ2v) is 4.85. The molecule has 0 bridgehead atoms. The molecule has 98 valence electrons. The molecule has 0 aliphatic carbocycles. The van der Waals surface area contributed by atoms with Gasteiger partial charge in [0, 0.05) is 6.04 Å². The first-order chi connectivity index (χ1) is 8.41. The molecule has 1 atom stereocenters. The second-order valence-electron chi connectivity index (χ2n) is 4.85. The fourth-order valence-corrected chi connectivity index (χ4v) is 1.94. The summed E-state index contributed by atoms with van der Waals surface area (Å²) in [4.78, 5) is 23.0. The molecule has 1 unspecified atom stereocenters. The zero-order chi connectivity index (χ0) is 13.7. The van der Waals surface area contributed by atoms with Crippen molar-refractivity contribution in [1.29, 1.82) is 0 Å². The quantitative estimate of drug-likeness (QED) is 0.842. The summed E-state index contributed by atoms with van der Waals surface area (Å²) in [5.41, 5.74) is 0.243. The average molecular weight is 249 g/mol. The molecule has 0 aliphatic rings. The molecular formula is C14H19NO3. The Balaban J connectivity index is 2.81. The fraction of sp³-hybridized carbons (Fsp3) is 0.429. The van der Waals surface area contributed by atoms with Gasteiger partial charge in [0.2, 0.25) is 0 Å². The smallest absolute Gasteiger partial charge is 0.336 e. The maximum atomic E-state index is 12.0. The van der Waals surface area contributed by atoms with E-state index >= 15 is 0 Å². The van der Waals surface area contributed by atoms with Crippen LogP contribution >= 0.6 is 0 Å². The lowest BCUT2D eigenvalue weighted by Gasteiger charge is -2.16. The molecule has 0 aliphatic heterocycles. The van der Waals surface area contributed by atoms with E-state index in [0.29, 0.717) is 5.92 Å². The highest BCUT2D eigenvalue weighted by Gasteiger charge is 2.17. The van der Waals surface area contributed by atoms with Gasteiger partial charge in [0.1, 0.15) is 0 Å². The summed E-state index contributed by atoms with van der Waals surface area (Å²) in [6.07, 6.45) is 0.862. The maximum absolute atomic E-state index is 12.0. The monoisotopic (exact) mass is 249 g/mol. The van der Waals surface area contributed by atoms with Gasteiger partial charge in [-0.25, -0.2) is 4.79 Å². The Morgan fingerprint density at radius 2 is 1.72 bits per heavy atom. The van der Waals surface area contributed by atoms with Crippen LogP contribution in [0.2, 0.25) is 0 Å². The minimum atomic E-state index is -1.09. The number of benzene rings is 1. The second kappa shape index (κ2) is 6.19. The van der Waals surface area contributed by atoms with Crippen molar-refractivity contribution in [2.45, 2.75) is 33.2 Å². The summed E-state index contributed by atoms with van der Waals surface area (Å²) in [6.45, 7) is 6.07. The van der Waals surface area contributed by atoms with Gasteiger partial charge >= 0.3 is 5.97 Å².